The van der Waals surface area contributed by atoms with Crippen molar-refractivity contribution >= 4 is 23.5 Å². The molecule has 8 nitrogen and oxygen atoms in total. The van der Waals surface area contributed by atoms with Crippen molar-refractivity contribution in [3.8, 4) is 11.4 Å². The van der Waals surface area contributed by atoms with Crippen molar-refractivity contribution in [3.63, 3.8) is 0 Å². The van der Waals surface area contributed by atoms with Crippen molar-refractivity contribution in [2.45, 2.75) is 10.3 Å². The summed E-state index contributed by atoms with van der Waals surface area (Å²) in [6.07, 6.45) is 3.15. The maximum atomic E-state index is 5.48. The van der Waals surface area contributed by atoms with Crippen molar-refractivity contribution < 1.29 is 9.47 Å². The number of aromatic nitrogens is 6. The van der Waals surface area contributed by atoms with Crippen molar-refractivity contribution in [1.82, 2.24) is 30.4 Å². The number of rotatable bonds is 0. The van der Waals surface area contributed by atoms with E-state index in [1.807, 2.05) is 0 Å². The van der Waals surface area contributed by atoms with Crippen LogP contribution in [-0.4, -0.2) is 68.3 Å². The van der Waals surface area contributed by atoms with Crippen LogP contribution in [0, 0.1) is 0 Å². The lowest BCUT2D eigenvalue weighted by Gasteiger charge is -2.07. The van der Waals surface area contributed by atoms with Crippen LogP contribution in [0.5, 0.6) is 0 Å². The topological polar surface area (TPSA) is 95.8 Å². The van der Waals surface area contributed by atoms with Gasteiger partial charge in [0.2, 0.25) is 10.3 Å². The molecule has 2 aromatic heterocycles. The Hall–Kier alpha value is -1.36. The van der Waals surface area contributed by atoms with Gasteiger partial charge >= 0.3 is 0 Å². The van der Waals surface area contributed by atoms with E-state index in [0.717, 1.165) is 11.5 Å². The second kappa shape index (κ2) is 8.32. The van der Waals surface area contributed by atoms with Gasteiger partial charge in [0, 0.05) is 11.5 Å². The molecule has 1 aliphatic heterocycles. The van der Waals surface area contributed by atoms with E-state index in [4.69, 9.17) is 9.47 Å². The second-order valence-electron chi connectivity index (χ2n) is 4.17. The minimum absolute atomic E-state index is 0.581. The summed E-state index contributed by atoms with van der Waals surface area (Å²) in [6.45, 7) is 2.40. The van der Waals surface area contributed by atoms with Gasteiger partial charge in [0.05, 0.1) is 38.8 Å². The van der Waals surface area contributed by atoms with Gasteiger partial charge in [-0.05, 0) is 0 Å². The number of nitrogens with zero attached hydrogens (tertiary/aromatic N) is 6. The molecule has 0 radical (unpaired) electrons. The van der Waals surface area contributed by atoms with Crippen molar-refractivity contribution in [1.29, 1.82) is 0 Å². The average molecular weight is 338 g/mol. The maximum absolute atomic E-state index is 5.48. The molecule has 2 aromatic rings. The molecule has 4 bridgehead atoms. The Balaban J connectivity index is 1.81. The largest absolute Gasteiger partial charge is 0.378 e. The summed E-state index contributed by atoms with van der Waals surface area (Å²) in [7, 11) is 0. The van der Waals surface area contributed by atoms with Crippen LogP contribution in [0.4, 0.5) is 0 Å². The quantitative estimate of drug-likeness (QED) is 0.691. The molecule has 0 saturated heterocycles. The molecule has 0 unspecified atom stereocenters. The highest BCUT2D eigenvalue weighted by Gasteiger charge is 2.09. The van der Waals surface area contributed by atoms with Crippen LogP contribution in [0.1, 0.15) is 0 Å². The van der Waals surface area contributed by atoms with Gasteiger partial charge < -0.3 is 9.47 Å². The van der Waals surface area contributed by atoms with Gasteiger partial charge in [-0.3, -0.25) is 0 Å². The molecular formula is C12H14N6O2S2. The zero-order chi connectivity index (χ0) is 15.0. The standard InChI is InChI=1S/C12H14N6O2S2/c1-2-20-4-6-22-12-16-10(8-14-18-12)9-7-13-17-11(15-9)21-5-3-19-1/h7-8H,1-6H2. The normalized spacial score (nSPS) is 17.1. The van der Waals surface area contributed by atoms with Crippen molar-refractivity contribution in [2.24, 2.45) is 0 Å². The van der Waals surface area contributed by atoms with Gasteiger partial charge in [-0.2, -0.15) is 10.2 Å². The first kappa shape index (κ1) is 15.5. The first-order valence-electron chi connectivity index (χ1n) is 6.73. The van der Waals surface area contributed by atoms with Crippen LogP contribution in [0.2, 0.25) is 0 Å². The average Bonchev–Trinajstić information content (AvgIpc) is 2.56. The van der Waals surface area contributed by atoms with E-state index in [-0.39, 0.29) is 0 Å². The maximum Gasteiger partial charge on any atom is 0.209 e. The summed E-state index contributed by atoms with van der Waals surface area (Å²) in [6, 6.07) is 0. The van der Waals surface area contributed by atoms with E-state index < -0.39 is 0 Å². The highest BCUT2D eigenvalue weighted by Crippen LogP contribution is 2.19. The van der Waals surface area contributed by atoms with Crippen LogP contribution < -0.4 is 0 Å². The van der Waals surface area contributed by atoms with Gasteiger partial charge in [-0.25, -0.2) is 9.97 Å². The summed E-state index contributed by atoms with van der Waals surface area (Å²) < 4.78 is 11.0. The van der Waals surface area contributed by atoms with Crippen LogP contribution >= 0.6 is 23.5 Å². The van der Waals surface area contributed by atoms with Crippen LogP contribution in [-0.2, 0) is 9.47 Å². The van der Waals surface area contributed by atoms with E-state index in [1.165, 1.54) is 23.5 Å². The lowest BCUT2D eigenvalue weighted by molar-refractivity contribution is 0.0604. The van der Waals surface area contributed by atoms with Gasteiger partial charge in [0.15, 0.2) is 0 Å². The smallest absolute Gasteiger partial charge is 0.209 e. The molecule has 3 rings (SSSR count). The third-order valence-electron chi connectivity index (χ3n) is 2.63. The molecule has 10 heteroatoms. The molecule has 0 aliphatic carbocycles. The Kier molecular flexibility index (Phi) is 5.87. The fourth-order valence-corrected chi connectivity index (χ4v) is 2.95. The number of fused-ring (bicyclic) bond motifs is 5. The summed E-state index contributed by atoms with van der Waals surface area (Å²) in [4.78, 5) is 8.89. The Bertz CT molecular complexity index is 564. The lowest BCUT2D eigenvalue weighted by Crippen LogP contribution is -2.09. The van der Waals surface area contributed by atoms with Gasteiger partial charge in [-0.1, -0.05) is 23.5 Å². The minimum Gasteiger partial charge on any atom is -0.378 e. The zero-order valence-electron chi connectivity index (χ0n) is 11.7. The molecule has 0 aromatic carbocycles. The highest BCUT2D eigenvalue weighted by molar-refractivity contribution is 7.99. The molecule has 0 N–H and O–H groups in total. The molecule has 0 fully saturated rings. The fourth-order valence-electron chi connectivity index (χ4n) is 1.65. The monoisotopic (exact) mass is 338 g/mol. The predicted molar refractivity (Wildman–Crippen MR) is 81.7 cm³/mol. The summed E-state index contributed by atoms with van der Waals surface area (Å²) in [5.74, 6) is 1.52. The Morgan fingerprint density at radius 3 is 1.73 bits per heavy atom. The van der Waals surface area contributed by atoms with E-state index >= 15 is 0 Å². The fraction of sp³-hybridized carbons (Fsp3) is 0.500. The van der Waals surface area contributed by atoms with E-state index in [1.54, 1.807) is 12.4 Å². The Morgan fingerprint density at radius 1 is 0.727 bits per heavy atom. The molecular weight excluding hydrogens is 324 g/mol. The Morgan fingerprint density at radius 2 is 1.23 bits per heavy atom. The van der Waals surface area contributed by atoms with Gasteiger partial charge in [0.25, 0.3) is 0 Å². The molecule has 116 valence electrons. The SMILES string of the molecule is c1nnc2nc1-c1cnnc(n1)SCCOCCOCCS2. The van der Waals surface area contributed by atoms with E-state index in [9.17, 15) is 0 Å². The summed E-state index contributed by atoms with van der Waals surface area (Å²) >= 11 is 2.98. The molecule has 0 saturated carbocycles. The van der Waals surface area contributed by atoms with Crippen LogP contribution in [0.25, 0.3) is 11.4 Å². The van der Waals surface area contributed by atoms with Gasteiger partial charge in [-0.15, -0.1) is 10.2 Å². The highest BCUT2D eigenvalue weighted by atomic mass is 32.2. The third-order valence-corrected chi connectivity index (χ3v) is 4.23. The number of thioether (sulfide) groups is 2. The number of hydrogen-bond donors (Lipinski definition) is 0. The molecule has 3 heterocycles. The molecule has 1 aliphatic rings. The van der Waals surface area contributed by atoms with Crippen molar-refractivity contribution in [3.05, 3.63) is 12.4 Å². The second-order valence-corrected chi connectivity index (χ2v) is 6.29. The molecule has 22 heavy (non-hydrogen) atoms. The summed E-state index contributed by atoms with van der Waals surface area (Å²) in [5.41, 5.74) is 1.28. The first-order chi connectivity index (χ1) is 10.9. The predicted octanol–water partition coefficient (Wildman–Crippen LogP) is 0.955. The van der Waals surface area contributed by atoms with Gasteiger partial charge in [0.1, 0.15) is 11.4 Å². The molecule has 0 amide bonds. The van der Waals surface area contributed by atoms with E-state index in [0.29, 0.717) is 48.1 Å². The third kappa shape index (κ3) is 4.57. The first-order valence-corrected chi connectivity index (χ1v) is 8.70. The molecule has 0 spiro atoms. The zero-order valence-corrected chi connectivity index (χ0v) is 13.3. The van der Waals surface area contributed by atoms with Crippen LogP contribution in [0.3, 0.4) is 0 Å². The Labute approximate surface area is 135 Å². The lowest BCUT2D eigenvalue weighted by atomic mass is 10.3. The number of ether oxygens (including phenoxy) is 2. The number of hydrogen-bond acceptors (Lipinski definition) is 10. The minimum atomic E-state index is 0.581. The van der Waals surface area contributed by atoms with Crippen molar-refractivity contribution in [2.75, 3.05) is 37.9 Å². The molecule has 0 atom stereocenters. The summed E-state index contributed by atoms with van der Waals surface area (Å²) in [5, 5.41) is 17.1. The van der Waals surface area contributed by atoms with Crippen LogP contribution in [0.15, 0.2) is 22.7 Å². The van der Waals surface area contributed by atoms with E-state index in [2.05, 4.69) is 30.4 Å².